The summed E-state index contributed by atoms with van der Waals surface area (Å²) < 4.78 is 0. The molecule has 0 bridgehead atoms. The highest BCUT2D eigenvalue weighted by molar-refractivity contribution is 6.81. The smallest absolute Gasteiger partial charge is 0.0679 e. The number of benzene rings is 4. The second-order valence-corrected chi connectivity index (χ2v) is 21.7. The van der Waals surface area contributed by atoms with Gasteiger partial charge in [0, 0.05) is 11.1 Å². The average Bonchev–Trinajstić information content (AvgIpc) is 3.74. The summed E-state index contributed by atoms with van der Waals surface area (Å²) in [4.78, 5) is 0. The van der Waals surface area contributed by atoms with E-state index >= 15 is 0 Å². The lowest BCUT2D eigenvalue weighted by Crippen LogP contribution is -2.44. The van der Waals surface area contributed by atoms with E-state index in [-0.39, 0.29) is 0 Å². The summed E-state index contributed by atoms with van der Waals surface area (Å²) in [5.41, 5.74) is 18.8. The Balaban J connectivity index is 1.34. The Morgan fingerprint density at radius 1 is 0.490 bits per heavy atom. The summed E-state index contributed by atoms with van der Waals surface area (Å²) in [7, 11) is -2.04. The van der Waals surface area contributed by atoms with Crippen molar-refractivity contribution in [3.63, 3.8) is 0 Å². The highest BCUT2D eigenvalue weighted by Crippen LogP contribution is 2.56. The topological polar surface area (TPSA) is 0 Å². The molecule has 268 valence electrons. The first-order valence-corrected chi connectivity index (χ1v) is 23.7. The molecule has 2 atom stereocenters. The van der Waals surface area contributed by atoms with Gasteiger partial charge in [0.15, 0.2) is 0 Å². The molecular weight excluding hydrogens is 629 g/mol. The Morgan fingerprint density at radius 3 is 1.24 bits per heavy atom. The summed E-state index contributed by atoms with van der Waals surface area (Å²) in [6.07, 6.45) is 18.1. The minimum Gasteiger partial charge on any atom is -0.0679 e. The summed E-state index contributed by atoms with van der Waals surface area (Å²) in [5.74, 6) is 1.01. The molecule has 0 heterocycles. The predicted octanol–water partition coefficient (Wildman–Crippen LogP) is 15.0. The molecule has 0 aliphatic heterocycles. The van der Waals surface area contributed by atoms with E-state index in [0.717, 1.165) is 0 Å². The van der Waals surface area contributed by atoms with E-state index in [0.29, 0.717) is 22.9 Å². The zero-order valence-electron chi connectivity index (χ0n) is 33.1. The molecule has 0 aromatic heterocycles. The van der Waals surface area contributed by atoms with Crippen molar-refractivity contribution in [1.29, 1.82) is 0 Å². The van der Waals surface area contributed by atoms with Gasteiger partial charge in [0.2, 0.25) is 0 Å². The fraction of sp³-hybridized carbons (Fsp3) is 0.440. The van der Waals surface area contributed by atoms with Crippen molar-refractivity contribution in [2.75, 3.05) is 0 Å². The van der Waals surface area contributed by atoms with Crippen molar-refractivity contribution < 1.29 is 0 Å². The van der Waals surface area contributed by atoms with Crippen LogP contribution >= 0.6 is 0 Å². The van der Waals surface area contributed by atoms with E-state index in [1.165, 1.54) is 109 Å². The first-order chi connectivity index (χ1) is 24.6. The number of allylic oxidation sites excluding steroid dienone is 2. The van der Waals surface area contributed by atoms with Crippen LogP contribution in [-0.2, 0) is 12.8 Å². The Hall–Kier alpha value is -3.42. The van der Waals surface area contributed by atoms with Crippen molar-refractivity contribution in [3.05, 3.63) is 129 Å². The molecule has 0 amide bonds. The molecule has 2 aliphatic carbocycles. The third-order valence-electron chi connectivity index (χ3n) is 12.2. The van der Waals surface area contributed by atoms with Crippen LogP contribution in [0.25, 0.3) is 34.4 Å². The van der Waals surface area contributed by atoms with E-state index in [9.17, 15) is 0 Å². The molecule has 4 aromatic carbocycles. The first-order valence-electron chi connectivity index (χ1n) is 20.5. The number of rotatable bonds is 16. The molecule has 2 aliphatic rings. The minimum atomic E-state index is -2.04. The summed E-state index contributed by atoms with van der Waals surface area (Å²) in [6.45, 7) is 19.7. The van der Waals surface area contributed by atoms with E-state index < -0.39 is 8.07 Å². The normalized spacial score (nSPS) is 16.8. The van der Waals surface area contributed by atoms with Crippen molar-refractivity contribution in [3.8, 4) is 22.3 Å². The zero-order chi connectivity index (χ0) is 36.1. The zero-order valence-corrected chi connectivity index (χ0v) is 34.1. The maximum Gasteiger partial charge on any atom is 0.0722 e. The number of fused-ring (bicyclic) bond motifs is 2. The molecule has 51 heavy (non-hydrogen) atoms. The van der Waals surface area contributed by atoms with Crippen LogP contribution in [0.1, 0.15) is 137 Å². The van der Waals surface area contributed by atoms with E-state index in [1.807, 2.05) is 0 Å². The molecule has 0 radical (unpaired) electrons. The van der Waals surface area contributed by atoms with E-state index in [2.05, 4.69) is 152 Å². The standard InChI is InChI=1S/C50H64Si/c1-9-11-13-15-19-37-25-29-39(30-26-37)41-21-17-23-43-47(41)33-45(35(3)4)49(43)51(7,8)50-44-24-18-22-42(48(44)34-46(50)36(5)6)40-31-27-38(28-32-40)20-16-14-12-10-2/h17-18,21-36,49-50H,9-16,19-20H2,1-8H3. The lowest BCUT2D eigenvalue weighted by molar-refractivity contribution is 0.667. The second kappa shape index (κ2) is 16.5. The monoisotopic (exact) mass is 692 g/mol. The third-order valence-corrected chi connectivity index (χ3v) is 16.4. The molecule has 1 heteroatoms. The van der Waals surface area contributed by atoms with Crippen molar-refractivity contribution in [2.24, 2.45) is 11.8 Å². The lowest BCUT2D eigenvalue weighted by atomic mass is 9.95. The van der Waals surface area contributed by atoms with Gasteiger partial charge in [-0.3, -0.25) is 0 Å². The van der Waals surface area contributed by atoms with Gasteiger partial charge >= 0.3 is 0 Å². The van der Waals surface area contributed by atoms with Gasteiger partial charge in [0.05, 0.1) is 8.07 Å². The lowest BCUT2D eigenvalue weighted by Gasteiger charge is -2.41. The van der Waals surface area contributed by atoms with Gasteiger partial charge in [0.25, 0.3) is 0 Å². The molecule has 0 fully saturated rings. The second-order valence-electron chi connectivity index (χ2n) is 16.9. The molecule has 0 nitrogen and oxygen atoms in total. The Morgan fingerprint density at radius 2 is 0.882 bits per heavy atom. The summed E-state index contributed by atoms with van der Waals surface area (Å²) in [6, 6.07) is 33.4. The Bertz CT molecular complexity index is 1690. The van der Waals surface area contributed by atoms with Crippen LogP contribution < -0.4 is 0 Å². The maximum absolute atomic E-state index is 2.71. The van der Waals surface area contributed by atoms with Gasteiger partial charge in [-0.25, -0.2) is 0 Å². The molecule has 4 aromatic rings. The molecule has 0 N–H and O–H groups in total. The van der Waals surface area contributed by atoms with Crippen LogP contribution in [0.2, 0.25) is 13.1 Å². The highest BCUT2D eigenvalue weighted by Gasteiger charge is 2.49. The van der Waals surface area contributed by atoms with Gasteiger partial charge < -0.3 is 0 Å². The number of aryl methyl sites for hydroxylation is 2. The van der Waals surface area contributed by atoms with Crippen LogP contribution in [0.5, 0.6) is 0 Å². The predicted molar refractivity (Wildman–Crippen MR) is 228 cm³/mol. The average molecular weight is 693 g/mol. The first kappa shape index (κ1) is 37.3. The molecular formula is C50H64Si. The van der Waals surface area contributed by atoms with Crippen LogP contribution in [-0.4, -0.2) is 8.07 Å². The number of unbranched alkanes of at least 4 members (excludes halogenated alkanes) is 6. The Kier molecular flexibility index (Phi) is 12.1. The third kappa shape index (κ3) is 7.85. The van der Waals surface area contributed by atoms with Gasteiger partial charge in [0.1, 0.15) is 0 Å². The minimum absolute atomic E-state index is 0.485. The SMILES string of the molecule is CCCCCCc1ccc(-c2cccc3c2C=C(C(C)C)C3[Si](C)(C)C2C(C(C)C)=Cc3c(-c4ccc(CCCCCC)cc4)cccc32)cc1. The quantitative estimate of drug-likeness (QED) is 0.0810. The van der Waals surface area contributed by atoms with E-state index in [1.54, 1.807) is 22.3 Å². The number of hydrogen-bond donors (Lipinski definition) is 0. The number of hydrogen-bond acceptors (Lipinski definition) is 0. The molecule has 0 saturated heterocycles. The summed E-state index contributed by atoms with van der Waals surface area (Å²) in [5, 5.41) is 0. The van der Waals surface area contributed by atoms with Gasteiger partial charge in [-0.1, -0.05) is 201 Å². The largest absolute Gasteiger partial charge is 0.0722 e. The van der Waals surface area contributed by atoms with Gasteiger partial charge in [-0.05, 0) is 93.2 Å². The maximum atomic E-state index is 2.71. The van der Waals surface area contributed by atoms with Crippen LogP contribution in [0.4, 0.5) is 0 Å². The van der Waals surface area contributed by atoms with Crippen LogP contribution in [0.15, 0.2) is 96.1 Å². The Labute approximate surface area is 312 Å². The van der Waals surface area contributed by atoms with Crippen molar-refractivity contribution >= 4 is 20.2 Å². The molecule has 2 unspecified atom stereocenters. The van der Waals surface area contributed by atoms with Gasteiger partial charge in [-0.2, -0.15) is 0 Å². The van der Waals surface area contributed by atoms with Crippen LogP contribution in [0, 0.1) is 11.8 Å². The fourth-order valence-electron chi connectivity index (χ4n) is 9.40. The van der Waals surface area contributed by atoms with Crippen molar-refractivity contribution in [1.82, 2.24) is 0 Å². The van der Waals surface area contributed by atoms with E-state index in [4.69, 9.17) is 0 Å². The summed E-state index contributed by atoms with van der Waals surface area (Å²) >= 11 is 0. The van der Waals surface area contributed by atoms with Gasteiger partial charge in [-0.15, -0.1) is 0 Å². The fourth-order valence-corrected chi connectivity index (χ4v) is 14.4. The molecule has 0 spiro atoms. The van der Waals surface area contributed by atoms with Crippen molar-refractivity contribution in [2.45, 2.75) is 130 Å². The highest BCUT2D eigenvalue weighted by atomic mass is 28.3. The molecule has 0 saturated carbocycles. The van der Waals surface area contributed by atoms with Crippen LogP contribution in [0.3, 0.4) is 0 Å². The molecule has 6 rings (SSSR count).